The third-order valence-electron chi connectivity index (χ3n) is 15.4. The van der Waals surface area contributed by atoms with Crippen molar-refractivity contribution in [1.29, 1.82) is 16.2 Å². The number of pyridine rings is 2. The first-order valence-corrected chi connectivity index (χ1v) is 27.5. The molecule has 2 aliphatic rings. The molecule has 446 valence electrons. The first kappa shape index (κ1) is 61.7. The summed E-state index contributed by atoms with van der Waals surface area (Å²) in [5.41, 5.74) is -4.37. The first-order valence-electron chi connectivity index (χ1n) is 27.5. The highest BCUT2D eigenvalue weighted by molar-refractivity contribution is 5.87. The average Bonchev–Trinajstić information content (AvgIpc) is 3.85. The molecule has 2 aliphatic carbocycles. The maximum atomic E-state index is 14.2. The molecule has 0 radical (unpaired) electrons. The summed E-state index contributed by atoms with van der Waals surface area (Å²) in [6.45, 7) is 5.67. The van der Waals surface area contributed by atoms with Gasteiger partial charge in [-0.15, -0.1) is 0 Å². The van der Waals surface area contributed by atoms with E-state index in [9.17, 15) is 58.1 Å². The van der Waals surface area contributed by atoms with Crippen LogP contribution in [-0.4, -0.2) is 70.5 Å². The third kappa shape index (κ3) is 16.1. The molecule has 0 bridgehead atoms. The quantitative estimate of drug-likeness (QED) is 0.0416. The number of halogens is 12. The van der Waals surface area contributed by atoms with Crippen LogP contribution in [0.5, 0.6) is 0 Å². The number of fused-ring (bicyclic) bond motifs is 2. The second-order valence-corrected chi connectivity index (χ2v) is 21.5. The zero-order valence-electron chi connectivity index (χ0n) is 46.0. The molecule has 2 unspecified atom stereocenters. The van der Waals surface area contributed by atoms with Gasteiger partial charge in [0.1, 0.15) is 11.6 Å². The van der Waals surface area contributed by atoms with Crippen LogP contribution in [0.25, 0.3) is 21.8 Å². The Morgan fingerprint density at radius 2 is 0.928 bits per heavy atom. The molecule has 83 heavy (non-hydrogen) atoms. The van der Waals surface area contributed by atoms with Crippen LogP contribution in [0, 0.1) is 34.0 Å². The molecule has 0 spiro atoms. The number of aromatic nitrogens is 2. The largest absolute Gasteiger partial charge is 0.465 e. The number of nitrogens with zero attached hydrogens (tertiary/aromatic N) is 6. The minimum Gasteiger partial charge on any atom is -0.465 e. The number of hydrogen-bond acceptors (Lipinski definition) is 9. The predicted molar refractivity (Wildman–Crippen MR) is 294 cm³/mol. The molecule has 2 fully saturated rings. The van der Waals surface area contributed by atoms with Crippen molar-refractivity contribution >= 4 is 51.4 Å². The van der Waals surface area contributed by atoms with E-state index in [0.717, 1.165) is 48.8 Å². The molecule has 0 amide bonds. The van der Waals surface area contributed by atoms with Gasteiger partial charge in [0.2, 0.25) is 0 Å². The Hall–Kier alpha value is -7.33. The van der Waals surface area contributed by atoms with Crippen molar-refractivity contribution in [2.24, 2.45) is 17.8 Å². The van der Waals surface area contributed by atoms with E-state index in [4.69, 9.17) is 30.3 Å². The fourth-order valence-corrected chi connectivity index (χ4v) is 11.3. The lowest BCUT2D eigenvalue weighted by atomic mass is 10.0. The van der Waals surface area contributed by atoms with Crippen LogP contribution in [-0.2, 0) is 60.4 Å². The Balaban J connectivity index is 1.02. The lowest BCUT2D eigenvalue weighted by Gasteiger charge is -2.31. The smallest absolute Gasteiger partial charge is 0.416 e. The molecule has 4 aromatic carbocycles. The molecule has 0 aliphatic heterocycles. The summed E-state index contributed by atoms with van der Waals surface area (Å²) in [4.78, 5) is 16.7. The molecule has 11 nitrogen and oxygen atoms in total. The molecule has 2 aromatic heterocycles. The number of benzene rings is 4. The lowest BCUT2D eigenvalue weighted by Crippen LogP contribution is -2.35. The molecule has 2 heterocycles. The van der Waals surface area contributed by atoms with Crippen molar-refractivity contribution in [3.05, 3.63) is 142 Å². The van der Waals surface area contributed by atoms with Gasteiger partial charge in [-0.1, -0.05) is 49.2 Å². The summed E-state index contributed by atoms with van der Waals surface area (Å²) in [6, 6.07) is 19.7. The topological polar surface area (TPSA) is 129 Å². The van der Waals surface area contributed by atoms with Crippen molar-refractivity contribution in [3.8, 4) is 0 Å². The van der Waals surface area contributed by atoms with Crippen LogP contribution in [0.1, 0.15) is 117 Å². The van der Waals surface area contributed by atoms with Crippen LogP contribution in [0.2, 0.25) is 0 Å². The maximum Gasteiger partial charge on any atom is 0.416 e. The summed E-state index contributed by atoms with van der Waals surface area (Å²) < 4.78 is 180. The Labute approximate surface area is 473 Å². The van der Waals surface area contributed by atoms with Gasteiger partial charge in [-0.3, -0.25) is 16.2 Å². The van der Waals surface area contributed by atoms with Crippen LogP contribution >= 0.6 is 0 Å². The molecule has 3 N–H and O–H groups in total. The van der Waals surface area contributed by atoms with Crippen molar-refractivity contribution < 1.29 is 62.2 Å². The van der Waals surface area contributed by atoms with Gasteiger partial charge in [-0.05, 0) is 142 Å². The highest BCUT2D eigenvalue weighted by atomic mass is 19.4. The highest BCUT2D eigenvalue weighted by Gasteiger charge is 2.39. The van der Waals surface area contributed by atoms with Crippen molar-refractivity contribution in [2.45, 2.75) is 123 Å². The molecule has 6 aromatic rings. The van der Waals surface area contributed by atoms with Crippen LogP contribution in [0.4, 0.5) is 64.3 Å². The minimum absolute atomic E-state index is 0.00198. The van der Waals surface area contributed by atoms with Crippen LogP contribution < -0.4 is 9.80 Å². The summed E-state index contributed by atoms with van der Waals surface area (Å²) >= 11 is 0. The first-order chi connectivity index (χ1) is 39.1. The zero-order valence-corrected chi connectivity index (χ0v) is 46.0. The van der Waals surface area contributed by atoms with Crippen molar-refractivity contribution in [3.63, 3.8) is 0 Å². The number of amidine groups is 2. The number of hydrogen-bond donors (Lipinski definition) is 3. The summed E-state index contributed by atoms with van der Waals surface area (Å²) in [5, 5.41) is 27.4. The van der Waals surface area contributed by atoms with Gasteiger partial charge in [-0.2, -0.15) is 52.7 Å². The average molecular weight is 1170 g/mol. The Morgan fingerprint density at radius 1 is 0.518 bits per heavy atom. The summed E-state index contributed by atoms with van der Waals surface area (Å²) in [7, 11) is 0. The molecule has 8 rings (SSSR count). The summed E-state index contributed by atoms with van der Waals surface area (Å²) in [6.07, 6.45) is -13.5. The van der Waals surface area contributed by atoms with Gasteiger partial charge >= 0.3 is 24.7 Å². The van der Waals surface area contributed by atoms with E-state index in [-0.39, 0.29) is 49.2 Å². The Bertz CT molecular complexity index is 3200. The van der Waals surface area contributed by atoms with E-state index in [1.165, 1.54) is 11.8 Å². The number of nitrogens with one attached hydrogen (secondary N) is 3. The standard InChI is InChI=1S/C60H65F12N9O2/c1-4-78(31-39-12-6-7-13-39)53-45(27-43-14-8-10-16-51(43)76-53)35-80(33-41-23-47(57(61,62)63)29-48(24-41)58(64,65)66)55(74)82-21-20-38-18-19-40(22-38)32-79(5-2)54-46(28-44-15-9-11-17-52(44)77-54)36-81(56(75)83-37(3)73)34-42-25-49(59(67,68)69)30-50(26-42)60(70,71)72/h8-11,14-17,23-30,38-40,73-75H,4-7,12-13,18-22,31-36H2,1-3H3. The van der Waals surface area contributed by atoms with Gasteiger partial charge in [0.05, 0.1) is 53.0 Å². The molecule has 0 saturated heterocycles. The molecular weight excluding hydrogens is 1110 g/mol. The van der Waals surface area contributed by atoms with Gasteiger partial charge in [0, 0.05) is 68.1 Å². The van der Waals surface area contributed by atoms with Crippen molar-refractivity contribution in [2.75, 3.05) is 42.6 Å². The number of para-hydroxylation sites is 2. The van der Waals surface area contributed by atoms with Gasteiger partial charge in [-0.25, -0.2) is 9.97 Å². The van der Waals surface area contributed by atoms with E-state index >= 15 is 0 Å². The van der Waals surface area contributed by atoms with E-state index in [1.807, 2.05) is 49.1 Å². The van der Waals surface area contributed by atoms with E-state index in [0.29, 0.717) is 108 Å². The second kappa shape index (κ2) is 25.7. The molecule has 2 atom stereocenters. The number of rotatable bonds is 19. The maximum absolute atomic E-state index is 14.2. The molecule has 23 heteroatoms. The van der Waals surface area contributed by atoms with E-state index in [2.05, 4.69) is 4.90 Å². The fourth-order valence-electron chi connectivity index (χ4n) is 11.3. The van der Waals surface area contributed by atoms with E-state index < -0.39 is 83.6 Å². The lowest BCUT2D eigenvalue weighted by molar-refractivity contribution is -0.144. The molecular formula is C60H65F12N9O2. The number of anilines is 2. The third-order valence-corrected chi connectivity index (χ3v) is 15.4. The van der Waals surface area contributed by atoms with Gasteiger partial charge in [0.15, 0.2) is 5.90 Å². The normalized spacial score (nSPS) is 16.1. The summed E-state index contributed by atoms with van der Waals surface area (Å²) in [5.74, 6) is 1.14. The SMILES string of the molecule is CCN(CC1CCCC1)c1nc2ccccc2cc1CN(Cc1cc(C(F)(F)F)cc(C(F)(F)F)c1)C(=N)OCCC1CCC(CN(CC)c2nc3ccccc3cc2CN(Cc2cc(C(F)(F)F)cc(C(F)(F)F)c2)C(=N)OC(C)=N)C1. The van der Waals surface area contributed by atoms with E-state index in [1.54, 1.807) is 30.3 Å². The fraction of sp³-hybridized carbons (Fsp3) is 0.450. The Morgan fingerprint density at radius 3 is 1.35 bits per heavy atom. The number of ether oxygens (including phenoxy) is 2. The second-order valence-electron chi connectivity index (χ2n) is 21.5. The van der Waals surface area contributed by atoms with Gasteiger partial charge in [0.25, 0.3) is 12.0 Å². The van der Waals surface area contributed by atoms with Crippen LogP contribution in [0.3, 0.4) is 0 Å². The monoisotopic (exact) mass is 1170 g/mol. The Kier molecular flexibility index (Phi) is 19.1. The predicted octanol–water partition coefficient (Wildman–Crippen LogP) is 16.1. The zero-order chi connectivity index (χ0) is 60.0. The minimum atomic E-state index is -5.12. The van der Waals surface area contributed by atoms with Crippen LogP contribution in [0.15, 0.2) is 97.1 Å². The molecule has 2 saturated carbocycles. The van der Waals surface area contributed by atoms with Crippen molar-refractivity contribution in [1.82, 2.24) is 19.8 Å². The highest BCUT2D eigenvalue weighted by Crippen LogP contribution is 2.41. The number of alkyl halides is 12. The van der Waals surface area contributed by atoms with Gasteiger partial charge < -0.3 is 29.1 Å².